The molecule has 0 amide bonds. The van der Waals surface area contributed by atoms with Crippen LogP contribution in [0.15, 0.2) is 4.99 Å². The first kappa shape index (κ1) is 17.4. The summed E-state index contributed by atoms with van der Waals surface area (Å²) in [6.07, 6.45) is -0.887. The molecule has 0 aromatic heterocycles. The third-order valence-corrected chi connectivity index (χ3v) is 2.77. The van der Waals surface area contributed by atoms with E-state index in [2.05, 4.69) is 15.6 Å². The van der Waals surface area contributed by atoms with E-state index in [1.54, 1.807) is 11.8 Å². The summed E-state index contributed by atoms with van der Waals surface area (Å²) in [5, 5.41) is 5.61. The molecule has 0 rings (SSSR count). The zero-order valence-corrected chi connectivity index (χ0v) is 11.8. The molecule has 18 heavy (non-hydrogen) atoms. The molecule has 0 bridgehead atoms. The van der Waals surface area contributed by atoms with Gasteiger partial charge in [0, 0.05) is 19.6 Å². The summed E-state index contributed by atoms with van der Waals surface area (Å²) < 4.78 is 35.9. The van der Waals surface area contributed by atoms with Gasteiger partial charge in [-0.15, -0.1) is 0 Å². The van der Waals surface area contributed by atoms with E-state index in [-0.39, 0.29) is 6.54 Å². The number of hydrogen-bond acceptors (Lipinski definition) is 2. The van der Waals surface area contributed by atoms with Gasteiger partial charge in [-0.3, -0.25) is 4.99 Å². The molecule has 0 radical (unpaired) electrons. The number of alkyl halides is 3. The van der Waals surface area contributed by atoms with Gasteiger partial charge in [0.1, 0.15) is 0 Å². The summed E-state index contributed by atoms with van der Waals surface area (Å²) in [6.45, 7) is 3.03. The van der Waals surface area contributed by atoms with Crippen LogP contribution in [0.5, 0.6) is 0 Å². The number of halogens is 3. The van der Waals surface area contributed by atoms with Gasteiger partial charge < -0.3 is 10.6 Å². The van der Waals surface area contributed by atoms with Crippen molar-refractivity contribution in [2.24, 2.45) is 4.99 Å². The van der Waals surface area contributed by atoms with E-state index in [0.717, 1.165) is 18.6 Å². The molecular weight excluding hydrogens is 263 g/mol. The van der Waals surface area contributed by atoms with Crippen LogP contribution in [-0.4, -0.2) is 43.8 Å². The van der Waals surface area contributed by atoms with Gasteiger partial charge in [-0.2, -0.15) is 24.9 Å². The highest BCUT2D eigenvalue weighted by atomic mass is 32.2. The van der Waals surface area contributed by atoms with Crippen molar-refractivity contribution >= 4 is 17.7 Å². The molecular formula is C11H22F3N3S. The molecule has 7 heteroatoms. The molecule has 0 aliphatic carbocycles. The number of guanidine groups is 1. The minimum Gasteiger partial charge on any atom is -0.357 e. The summed E-state index contributed by atoms with van der Waals surface area (Å²) in [6, 6.07) is 0. The second kappa shape index (κ2) is 10.3. The van der Waals surface area contributed by atoms with E-state index in [1.165, 1.54) is 0 Å². The molecule has 3 nitrogen and oxygen atoms in total. The van der Waals surface area contributed by atoms with Crippen LogP contribution < -0.4 is 10.6 Å². The summed E-state index contributed by atoms with van der Waals surface area (Å²) in [4.78, 5) is 4.22. The van der Waals surface area contributed by atoms with Gasteiger partial charge in [0.05, 0.1) is 6.42 Å². The number of hydrogen-bond donors (Lipinski definition) is 2. The summed E-state index contributed by atoms with van der Waals surface area (Å²) >= 11 is 1.78. The quantitative estimate of drug-likeness (QED) is 0.409. The van der Waals surface area contributed by atoms with Crippen molar-refractivity contribution in [2.75, 3.05) is 31.6 Å². The fourth-order valence-electron chi connectivity index (χ4n) is 1.21. The summed E-state index contributed by atoms with van der Waals surface area (Å²) in [5.41, 5.74) is 0. The van der Waals surface area contributed by atoms with E-state index in [4.69, 9.17) is 0 Å². The molecule has 0 saturated heterocycles. The van der Waals surface area contributed by atoms with Crippen LogP contribution >= 0.6 is 11.8 Å². The predicted molar refractivity (Wildman–Crippen MR) is 72.3 cm³/mol. The normalized spacial score (nSPS) is 12.6. The Morgan fingerprint density at radius 3 is 2.50 bits per heavy atom. The van der Waals surface area contributed by atoms with Crippen molar-refractivity contribution < 1.29 is 13.2 Å². The largest absolute Gasteiger partial charge is 0.390 e. The highest BCUT2D eigenvalue weighted by molar-refractivity contribution is 7.98. The van der Waals surface area contributed by atoms with E-state index < -0.39 is 12.6 Å². The molecule has 0 saturated carbocycles. The number of thioether (sulfide) groups is 1. The molecule has 0 aromatic carbocycles. The fraction of sp³-hybridized carbons (Fsp3) is 0.909. The zero-order chi connectivity index (χ0) is 13.9. The standard InChI is InChI=1S/C11H22F3N3S/c1-3-15-10(16-7-4-5-9-18-2)17-8-6-11(12,13)14/h3-9H2,1-2H3,(H2,15,16,17). The van der Waals surface area contributed by atoms with Crippen LogP contribution in [0.4, 0.5) is 13.2 Å². The van der Waals surface area contributed by atoms with Gasteiger partial charge in [-0.25, -0.2) is 0 Å². The highest BCUT2D eigenvalue weighted by Crippen LogP contribution is 2.17. The molecule has 108 valence electrons. The van der Waals surface area contributed by atoms with Gasteiger partial charge in [0.15, 0.2) is 5.96 Å². The predicted octanol–water partition coefficient (Wildman–Crippen LogP) is 2.64. The monoisotopic (exact) mass is 285 g/mol. The van der Waals surface area contributed by atoms with Crippen molar-refractivity contribution in [1.29, 1.82) is 0 Å². The molecule has 0 fully saturated rings. The van der Waals surface area contributed by atoms with Gasteiger partial charge in [0.25, 0.3) is 0 Å². The molecule has 0 atom stereocenters. The third-order valence-electron chi connectivity index (χ3n) is 2.07. The average Bonchev–Trinajstić information content (AvgIpc) is 2.27. The van der Waals surface area contributed by atoms with Crippen LogP contribution in [-0.2, 0) is 0 Å². The maximum absolute atomic E-state index is 12.0. The Balaban J connectivity index is 3.86. The second-order valence-electron chi connectivity index (χ2n) is 3.75. The van der Waals surface area contributed by atoms with Crippen molar-refractivity contribution in [3.05, 3.63) is 0 Å². The van der Waals surface area contributed by atoms with Crippen molar-refractivity contribution in [1.82, 2.24) is 10.6 Å². The lowest BCUT2D eigenvalue weighted by Gasteiger charge is -2.12. The Bertz CT molecular complexity index is 232. The van der Waals surface area contributed by atoms with Gasteiger partial charge in [-0.1, -0.05) is 0 Å². The van der Waals surface area contributed by atoms with Crippen LogP contribution in [0, 0.1) is 0 Å². The lowest BCUT2D eigenvalue weighted by atomic mass is 10.3. The smallest absolute Gasteiger partial charge is 0.357 e. The maximum Gasteiger partial charge on any atom is 0.390 e. The van der Waals surface area contributed by atoms with Gasteiger partial charge >= 0.3 is 6.18 Å². The van der Waals surface area contributed by atoms with Gasteiger partial charge in [-0.05, 0) is 31.8 Å². The van der Waals surface area contributed by atoms with Crippen molar-refractivity contribution in [2.45, 2.75) is 32.4 Å². The van der Waals surface area contributed by atoms with E-state index >= 15 is 0 Å². The van der Waals surface area contributed by atoms with Crippen molar-refractivity contribution in [3.63, 3.8) is 0 Å². The number of aliphatic imine (C=N–C) groups is 1. The maximum atomic E-state index is 12.0. The lowest BCUT2D eigenvalue weighted by Crippen LogP contribution is -2.39. The molecule has 2 N–H and O–H groups in total. The third kappa shape index (κ3) is 11.9. The van der Waals surface area contributed by atoms with Crippen LogP contribution in [0.25, 0.3) is 0 Å². The molecule has 0 unspecified atom stereocenters. The topological polar surface area (TPSA) is 36.4 Å². The molecule has 0 aliphatic rings. The average molecular weight is 285 g/mol. The Morgan fingerprint density at radius 1 is 1.22 bits per heavy atom. The van der Waals surface area contributed by atoms with E-state index in [1.807, 2.05) is 13.2 Å². The second-order valence-corrected chi connectivity index (χ2v) is 4.74. The fourth-order valence-corrected chi connectivity index (χ4v) is 1.71. The summed E-state index contributed by atoms with van der Waals surface area (Å²) in [5.74, 6) is 1.55. The van der Waals surface area contributed by atoms with E-state index in [0.29, 0.717) is 19.0 Å². The first-order valence-electron chi connectivity index (χ1n) is 6.07. The first-order chi connectivity index (χ1) is 8.49. The molecule has 0 aromatic rings. The van der Waals surface area contributed by atoms with Crippen LogP contribution in [0.3, 0.4) is 0 Å². The Hall–Kier alpha value is -0.590. The number of nitrogens with zero attached hydrogens (tertiary/aromatic N) is 1. The van der Waals surface area contributed by atoms with Gasteiger partial charge in [0.2, 0.25) is 0 Å². The Kier molecular flexibility index (Phi) is 10.0. The Labute approximate surface area is 111 Å². The summed E-state index contributed by atoms with van der Waals surface area (Å²) in [7, 11) is 0. The SMILES string of the molecule is CCNC(=NCCCCSC)NCCC(F)(F)F. The molecule has 0 spiro atoms. The van der Waals surface area contributed by atoms with E-state index in [9.17, 15) is 13.2 Å². The number of unbranched alkanes of at least 4 members (excludes halogenated alkanes) is 1. The number of rotatable bonds is 8. The van der Waals surface area contributed by atoms with Crippen LogP contribution in [0.1, 0.15) is 26.2 Å². The van der Waals surface area contributed by atoms with Crippen molar-refractivity contribution in [3.8, 4) is 0 Å². The molecule has 0 aliphatic heterocycles. The zero-order valence-electron chi connectivity index (χ0n) is 10.9. The Morgan fingerprint density at radius 2 is 1.94 bits per heavy atom. The minimum absolute atomic E-state index is 0.139. The highest BCUT2D eigenvalue weighted by Gasteiger charge is 2.26. The molecule has 0 heterocycles. The first-order valence-corrected chi connectivity index (χ1v) is 7.47. The van der Waals surface area contributed by atoms with Crippen LogP contribution in [0.2, 0.25) is 0 Å². The lowest BCUT2D eigenvalue weighted by molar-refractivity contribution is -0.132. The minimum atomic E-state index is -4.12. The number of nitrogens with one attached hydrogen (secondary N) is 2.